The van der Waals surface area contributed by atoms with Gasteiger partial charge in [-0.1, -0.05) is 0 Å². The van der Waals surface area contributed by atoms with Gasteiger partial charge < -0.3 is 5.73 Å². The van der Waals surface area contributed by atoms with Gasteiger partial charge in [0.2, 0.25) is 0 Å². The summed E-state index contributed by atoms with van der Waals surface area (Å²) in [5.41, 5.74) is 8.95. The molecule has 4 aromatic heterocycles. The number of hydrazine groups is 1. The molecule has 0 bridgehead atoms. The molecule has 10 heteroatoms. The second-order valence-electron chi connectivity index (χ2n) is 5.55. The lowest BCUT2D eigenvalue weighted by atomic mass is 10.2. The van der Waals surface area contributed by atoms with Gasteiger partial charge in [-0.2, -0.15) is 10.2 Å². The summed E-state index contributed by atoms with van der Waals surface area (Å²) in [6, 6.07) is 3.73. The van der Waals surface area contributed by atoms with Gasteiger partial charge in [-0.15, -0.1) is 0 Å². The quantitative estimate of drug-likeness (QED) is 0.404. The lowest BCUT2D eigenvalue weighted by Gasteiger charge is -2.18. The Bertz CT molecular complexity index is 1030. The molecule has 0 aliphatic rings. The van der Waals surface area contributed by atoms with E-state index < -0.39 is 0 Å². The molecule has 0 saturated heterocycles. The Kier molecular flexibility index (Phi) is 3.51. The van der Waals surface area contributed by atoms with E-state index in [4.69, 9.17) is 11.6 Å². The largest absolute Gasteiger partial charge is 0.381 e. The zero-order chi connectivity index (χ0) is 17.4. The van der Waals surface area contributed by atoms with Crippen LogP contribution in [0.15, 0.2) is 43.1 Å². The number of aromatic nitrogens is 7. The lowest BCUT2D eigenvalue weighted by Crippen LogP contribution is -2.32. The normalized spacial score (nSPS) is 11.1. The highest BCUT2D eigenvalue weighted by Crippen LogP contribution is 2.22. The molecule has 0 aliphatic heterocycles. The van der Waals surface area contributed by atoms with Crippen molar-refractivity contribution in [1.82, 2.24) is 34.3 Å². The molecule has 0 aromatic carbocycles. The Morgan fingerprint density at radius 3 is 2.88 bits per heavy atom. The van der Waals surface area contributed by atoms with Crippen molar-refractivity contribution in [2.24, 2.45) is 12.9 Å². The molecule has 0 radical (unpaired) electrons. The van der Waals surface area contributed by atoms with Gasteiger partial charge >= 0.3 is 0 Å². The predicted molar refractivity (Wildman–Crippen MR) is 92.0 cm³/mol. The number of nitrogens with zero attached hydrogens (tertiary/aromatic N) is 8. The second-order valence-corrected chi connectivity index (χ2v) is 5.55. The average Bonchev–Trinajstić information content (AvgIpc) is 3.23. The number of anilines is 2. The van der Waals surface area contributed by atoms with Gasteiger partial charge in [0.15, 0.2) is 17.3 Å². The second kappa shape index (κ2) is 5.83. The third-order valence-electron chi connectivity index (χ3n) is 3.70. The first-order chi connectivity index (χ1) is 12.1. The minimum absolute atomic E-state index is 0.249. The molecule has 4 aromatic rings. The van der Waals surface area contributed by atoms with E-state index in [0.717, 1.165) is 16.9 Å². The number of fused-ring (bicyclic) bond motifs is 1. The van der Waals surface area contributed by atoms with Gasteiger partial charge in [0.05, 0.1) is 30.3 Å². The van der Waals surface area contributed by atoms with E-state index in [2.05, 4.69) is 25.1 Å². The van der Waals surface area contributed by atoms with Gasteiger partial charge in [-0.25, -0.2) is 25.3 Å². The van der Waals surface area contributed by atoms with Gasteiger partial charge in [0.1, 0.15) is 0 Å². The fourth-order valence-corrected chi connectivity index (χ4v) is 2.48. The fraction of sp³-hybridized carbons (Fsp3) is 0.133. The maximum absolute atomic E-state index is 6.16. The summed E-state index contributed by atoms with van der Waals surface area (Å²) in [7, 11) is 1.84. The molecule has 0 fully saturated rings. The van der Waals surface area contributed by atoms with Crippen LogP contribution in [0.2, 0.25) is 0 Å². The molecule has 0 atom stereocenters. The van der Waals surface area contributed by atoms with Gasteiger partial charge in [0, 0.05) is 31.2 Å². The van der Waals surface area contributed by atoms with Crippen LogP contribution in [-0.2, 0) is 13.6 Å². The van der Waals surface area contributed by atoms with Crippen LogP contribution < -0.4 is 16.6 Å². The van der Waals surface area contributed by atoms with Crippen LogP contribution in [0, 0.1) is 0 Å². The third-order valence-corrected chi connectivity index (χ3v) is 3.70. The number of aryl methyl sites for hydroxylation is 1. The van der Waals surface area contributed by atoms with Crippen molar-refractivity contribution >= 4 is 17.3 Å². The van der Waals surface area contributed by atoms with E-state index in [1.165, 1.54) is 5.01 Å². The van der Waals surface area contributed by atoms with Gasteiger partial charge in [-0.3, -0.25) is 9.69 Å². The van der Waals surface area contributed by atoms with Crippen molar-refractivity contribution in [3.8, 4) is 11.3 Å². The average molecular weight is 336 g/mol. The van der Waals surface area contributed by atoms with Crippen molar-refractivity contribution in [1.29, 1.82) is 0 Å². The Labute approximate surface area is 142 Å². The molecule has 4 heterocycles. The van der Waals surface area contributed by atoms with Crippen LogP contribution >= 0.6 is 0 Å². The van der Waals surface area contributed by atoms with Crippen LogP contribution in [-0.4, -0.2) is 34.3 Å². The summed E-state index contributed by atoms with van der Waals surface area (Å²) < 4.78 is 3.38. The summed E-state index contributed by atoms with van der Waals surface area (Å²) in [5.74, 6) is 6.80. The number of hydrogen-bond donors (Lipinski definition) is 2. The first kappa shape index (κ1) is 15.0. The first-order valence-corrected chi connectivity index (χ1v) is 7.53. The number of nitrogens with two attached hydrogens (primary N) is 2. The van der Waals surface area contributed by atoms with Crippen molar-refractivity contribution in [3.05, 3.63) is 48.8 Å². The molecule has 0 amide bonds. The summed E-state index contributed by atoms with van der Waals surface area (Å²) in [5, 5.41) is 10.0. The molecule has 0 unspecified atom stereocenters. The van der Waals surface area contributed by atoms with E-state index in [9.17, 15) is 0 Å². The predicted octanol–water partition coefficient (Wildman–Crippen LogP) is 0.382. The molecule has 25 heavy (non-hydrogen) atoms. The van der Waals surface area contributed by atoms with Crippen LogP contribution in [0.3, 0.4) is 0 Å². The Morgan fingerprint density at radius 1 is 1.20 bits per heavy atom. The van der Waals surface area contributed by atoms with Crippen molar-refractivity contribution in [3.63, 3.8) is 0 Å². The zero-order valence-electron chi connectivity index (χ0n) is 13.5. The summed E-state index contributed by atoms with van der Waals surface area (Å²) in [4.78, 5) is 12.9. The Morgan fingerprint density at radius 2 is 2.08 bits per heavy atom. The van der Waals surface area contributed by atoms with Crippen LogP contribution in [0.1, 0.15) is 5.69 Å². The topological polar surface area (TPSA) is 129 Å². The number of imidazole rings is 1. The van der Waals surface area contributed by atoms with Crippen LogP contribution in [0.4, 0.5) is 11.6 Å². The molecular weight excluding hydrogens is 320 g/mol. The Hall–Kier alpha value is -3.53. The minimum atomic E-state index is 0.249. The molecule has 0 spiro atoms. The molecule has 4 rings (SSSR count). The summed E-state index contributed by atoms with van der Waals surface area (Å²) >= 11 is 0. The molecule has 126 valence electrons. The molecule has 4 N–H and O–H groups in total. The number of hydrogen-bond acceptors (Lipinski definition) is 8. The Balaban J connectivity index is 1.63. The highest BCUT2D eigenvalue weighted by molar-refractivity contribution is 5.64. The third kappa shape index (κ3) is 2.85. The fourth-order valence-electron chi connectivity index (χ4n) is 2.48. The maximum Gasteiger partial charge on any atom is 0.186 e. The summed E-state index contributed by atoms with van der Waals surface area (Å²) in [6.07, 6.45) is 8.61. The van der Waals surface area contributed by atoms with E-state index >= 15 is 0 Å². The molecule has 10 nitrogen and oxygen atoms in total. The van der Waals surface area contributed by atoms with E-state index in [0.29, 0.717) is 18.1 Å². The highest BCUT2D eigenvalue weighted by Gasteiger charge is 2.14. The van der Waals surface area contributed by atoms with Crippen LogP contribution in [0.5, 0.6) is 0 Å². The minimum Gasteiger partial charge on any atom is -0.381 e. The van der Waals surface area contributed by atoms with E-state index in [-0.39, 0.29) is 5.82 Å². The molecule has 0 aliphatic carbocycles. The van der Waals surface area contributed by atoms with Crippen molar-refractivity contribution in [2.75, 3.05) is 10.7 Å². The van der Waals surface area contributed by atoms with E-state index in [1.807, 2.05) is 25.4 Å². The van der Waals surface area contributed by atoms with Gasteiger partial charge in [0.25, 0.3) is 0 Å². The SMILES string of the molecule is Cn1cc(-c2cnc(N)c(N(N)Cc3ccc4nccn4n3)n2)cn1. The van der Waals surface area contributed by atoms with Crippen molar-refractivity contribution < 1.29 is 0 Å². The number of rotatable bonds is 4. The molecule has 0 saturated carbocycles. The molecular formula is C15H16N10. The summed E-state index contributed by atoms with van der Waals surface area (Å²) in [6.45, 7) is 0.323. The lowest BCUT2D eigenvalue weighted by molar-refractivity contribution is 0.767. The van der Waals surface area contributed by atoms with E-state index in [1.54, 1.807) is 34.0 Å². The standard InChI is InChI=1S/C15H16N10/c1-23-8-10(6-20-23)12-7-19-14(16)15(21-12)24(17)9-11-2-3-13-18-4-5-25(13)22-11/h2-8H,9,17H2,1H3,(H2,16,19). The number of nitrogen functional groups attached to an aromatic ring is 1. The maximum atomic E-state index is 6.16. The smallest absolute Gasteiger partial charge is 0.186 e. The van der Waals surface area contributed by atoms with Crippen LogP contribution in [0.25, 0.3) is 16.9 Å². The van der Waals surface area contributed by atoms with Gasteiger partial charge in [-0.05, 0) is 12.1 Å². The van der Waals surface area contributed by atoms with Crippen molar-refractivity contribution in [2.45, 2.75) is 6.54 Å². The highest BCUT2D eigenvalue weighted by atomic mass is 15.4. The first-order valence-electron chi connectivity index (χ1n) is 7.53. The monoisotopic (exact) mass is 336 g/mol. The zero-order valence-corrected chi connectivity index (χ0v) is 13.5.